The molecule has 0 amide bonds. The lowest BCUT2D eigenvalue weighted by Gasteiger charge is -2.02. The second-order valence-electron chi connectivity index (χ2n) is 2.50. The van der Waals surface area contributed by atoms with Crippen LogP contribution in [0.5, 0.6) is 0 Å². The molecule has 1 aromatic rings. The van der Waals surface area contributed by atoms with Crippen LogP contribution < -0.4 is 0 Å². The Kier molecular flexibility index (Phi) is 3.31. The number of ether oxygens (including phenoxy) is 1. The molecule has 0 fully saturated rings. The third-order valence-electron chi connectivity index (χ3n) is 1.62. The molecule has 0 saturated carbocycles. The number of carbonyl (C=O) groups is 1. The molecule has 4 heteroatoms. The Bertz CT molecular complexity index is 325. The van der Waals surface area contributed by atoms with Crippen LogP contribution in [0.2, 0.25) is 0 Å². The van der Waals surface area contributed by atoms with Crippen molar-refractivity contribution >= 4 is 18.6 Å². The van der Waals surface area contributed by atoms with E-state index in [0.717, 1.165) is 0 Å². The van der Waals surface area contributed by atoms with Crippen molar-refractivity contribution in [1.29, 1.82) is 0 Å². The maximum Gasteiger partial charge on any atom is 0.310 e. The molecule has 0 saturated heterocycles. The van der Waals surface area contributed by atoms with Crippen molar-refractivity contribution in [1.82, 2.24) is 0 Å². The molecule has 0 N–H and O–H groups in total. The number of esters is 1. The minimum absolute atomic E-state index is 0.0588. The van der Waals surface area contributed by atoms with Crippen molar-refractivity contribution in [3.8, 4) is 0 Å². The topological polar surface area (TPSA) is 26.3 Å². The van der Waals surface area contributed by atoms with Gasteiger partial charge in [0.15, 0.2) is 0 Å². The van der Waals surface area contributed by atoms with Crippen molar-refractivity contribution in [3.05, 3.63) is 29.6 Å². The number of rotatable bonds is 2. The molecule has 0 aliphatic heterocycles. The van der Waals surface area contributed by atoms with Crippen LogP contribution in [-0.4, -0.2) is 13.1 Å². The number of hydrogen-bond acceptors (Lipinski definition) is 3. The molecule has 13 heavy (non-hydrogen) atoms. The van der Waals surface area contributed by atoms with E-state index in [4.69, 9.17) is 0 Å². The van der Waals surface area contributed by atoms with E-state index in [1.807, 2.05) is 0 Å². The Labute approximate surface area is 81.1 Å². The molecule has 0 aromatic heterocycles. The molecule has 0 unspecified atom stereocenters. The first-order valence-corrected chi connectivity index (χ1v) is 4.13. The van der Waals surface area contributed by atoms with Gasteiger partial charge in [-0.25, -0.2) is 4.39 Å². The van der Waals surface area contributed by atoms with Crippen molar-refractivity contribution in [2.75, 3.05) is 7.11 Å². The van der Waals surface area contributed by atoms with Crippen LogP contribution in [0, 0.1) is 5.82 Å². The van der Waals surface area contributed by atoms with Gasteiger partial charge in [0.05, 0.1) is 13.5 Å². The summed E-state index contributed by atoms with van der Waals surface area (Å²) in [7, 11) is 1.27. The number of thiol groups is 1. The maximum atomic E-state index is 13.2. The Balaban J connectivity index is 2.89. The Morgan fingerprint density at radius 1 is 1.62 bits per heavy atom. The number of halogens is 1. The molecule has 0 atom stereocenters. The molecule has 0 radical (unpaired) electrons. The van der Waals surface area contributed by atoms with E-state index >= 15 is 0 Å². The van der Waals surface area contributed by atoms with Gasteiger partial charge < -0.3 is 4.74 Å². The van der Waals surface area contributed by atoms with Gasteiger partial charge >= 0.3 is 5.97 Å². The number of benzene rings is 1. The van der Waals surface area contributed by atoms with Gasteiger partial charge in [-0.2, -0.15) is 0 Å². The van der Waals surface area contributed by atoms with Gasteiger partial charge in [-0.3, -0.25) is 4.79 Å². The molecular formula is C9H9FO2S. The molecule has 2 nitrogen and oxygen atoms in total. The van der Waals surface area contributed by atoms with Crippen LogP contribution in [0.25, 0.3) is 0 Å². The standard InChI is InChI=1S/C9H9FO2S/c1-12-8(11)5-6-3-2-4-7(13)9(6)10/h2-4,13H,5H2,1H3. The molecule has 0 heterocycles. The number of methoxy groups -OCH3 is 1. The summed E-state index contributed by atoms with van der Waals surface area (Å²) in [5, 5.41) is 0. The van der Waals surface area contributed by atoms with Gasteiger partial charge in [0, 0.05) is 10.5 Å². The van der Waals surface area contributed by atoms with E-state index in [0.29, 0.717) is 5.56 Å². The highest BCUT2D eigenvalue weighted by atomic mass is 32.1. The van der Waals surface area contributed by atoms with Crippen LogP contribution in [0.3, 0.4) is 0 Å². The summed E-state index contributed by atoms with van der Waals surface area (Å²) in [6, 6.07) is 4.70. The zero-order valence-electron chi connectivity index (χ0n) is 7.08. The quantitative estimate of drug-likeness (QED) is 0.582. The fraction of sp³-hybridized carbons (Fsp3) is 0.222. The van der Waals surface area contributed by atoms with E-state index < -0.39 is 11.8 Å². The molecule has 0 aliphatic rings. The van der Waals surface area contributed by atoms with E-state index in [1.54, 1.807) is 6.07 Å². The van der Waals surface area contributed by atoms with Crippen LogP contribution in [0.15, 0.2) is 23.1 Å². The van der Waals surface area contributed by atoms with Gasteiger partial charge in [-0.15, -0.1) is 12.6 Å². The highest BCUT2D eigenvalue weighted by Gasteiger charge is 2.09. The van der Waals surface area contributed by atoms with E-state index in [2.05, 4.69) is 17.4 Å². The summed E-state index contributed by atoms with van der Waals surface area (Å²) >= 11 is 3.89. The molecular weight excluding hydrogens is 191 g/mol. The monoisotopic (exact) mass is 200 g/mol. The predicted molar refractivity (Wildman–Crippen MR) is 49.4 cm³/mol. The molecule has 1 rings (SSSR count). The van der Waals surface area contributed by atoms with Gasteiger partial charge in [-0.05, 0) is 6.07 Å². The molecule has 70 valence electrons. The van der Waals surface area contributed by atoms with Crippen LogP contribution in [-0.2, 0) is 16.0 Å². The maximum absolute atomic E-state index is 13.2. The zero-order valence-corrected chi connectivity index (χ0v) is 7.98. The SMILES string of the molecule is COC(=O)Cc1cccc(S)c1F. The number of carbonyl (C=O) groups excluding carboxylic acids is 1. The summed E-state index contributed by atoms with van der Waals surface area (Å²) < 4.78 is 17.6. The molecule has 0 aliphatic carbocycles. The van der Waals surface area contributed by atoms with E-state index in [1.165, 1.54) is 19.2 Å². The lowest BCUT2D eigenvalue weighted by Crippen LogP contribution is -2.06. The first-order chi connectivity index (χ1) is 6.15. The normalized spacial score (nSPS) is 9.77. The van der Waals surface area contributed by atoms with Gasteiger partial charge in [0.2, 0.25) is 0 Å². The summed E-state index contributed by atoms with van der Waals surface area (Å²) in [5.41, 5.74) is 0.305. The highest BCUT2D eigenvalue weighted by molar-refractivity contribution is 7.80. The Hall–Kier alpha value is -1.03. The van der Waals surface area contributed by atoms with E-state index in [9.17, 15) is 9.18 Å². The van der Waals surface area contributed by atoms with Gasteiger partial charge in [0.1, 0.15) is 5.82 Å². The van der Waals surface area contributed by atoms with Crippen LogP contribution in [0.1, 0.15) is 5.56 Å². The molecule has 1 aromatic carbocycles. The van der Waals surface area contributed by atoms with Crippen LogP contribution in [0.4, 0.5) is 4.39 Å². The van der Waals surface area contributed by atoms with Crippen molar-refractivity contribution < 1.29 is 13.9 Å². The second kappa shape index (κ2) is 4.28. The fourth-order valence-electron chi connectivity index (χ4n) is 0.930. The summed E-state index contributed by atoms with van der Waals surface area (Å²) in [5.74, 6) is -0.922. The lowest BCUT2D eigenvalue weighted by atomic mass is 10.1. The van der Waals surface area contributed by atoms with Gasteiger partial charge in [-0.1, -0.05) is 12.1 Å². The van der Waals surface area contributed by atoms with Gasteiger partial charge in [0.25, 0.3) is 0 Å². The molecule has 0 bridgehead atoms. The lowest BCUT2D eigenvalue weighted by molar-refractivity contribution is -0.139. The summed E-state index contributed by atoms with van der Waals surface area (Å²) in [6.07, 6.45) is -0.0588. The summed E-state index contributed by atoms with van der Waals surface area (Å²) in [4.78, 5) is 11.1. The zero-order chi connectivity index (χ0) is 9.84. The van der Waals surface area contributed by atoms with Crippen molar-refractivity contribution in [2.45, 2.75) is 11.3 Å². The van der Waals surface area contributed by atoms with Crippen molar-refractivity contribution in [2.24, 2.45) is 0 Å². The average Bonchev–Trinajstić information content (AvgIpc) is 2.13. The summed E-state index contributed by atoms with van der Waals surface area (Å²) in [6.45, 7) is 0. The highest BCUT2D eigenvalue weighted by Crippen LogP contribution is 2.16. The second-order valence-corrected chi connectivity index (χ2v) is 2.98. The first-order valence-electron chi connectivity index (χ1n) is 3.68. The number of hydrogen-bond donors (Lipinski definition) is 1. The third kappa shape index (κ3) is 2.45. The average molecular weight is 200 g/mol. The Morgan fingerprint density at radius 2 is 2.31 bits per heavy atom. The fourth-order valence-corrected chi connectivity index (χ4v) is 1.16. The van der Waals surface area contributed by atoms with Crippen LogP contribution >= 0.6 is 12.6 Å². The first kappa shape index (κ1) is 10.1. The van der Waals surface area contributed by atoms with Crippen molar-refractivity contribution in [3.63, 3.8) is 0 Å². The van der Waals surface area contributed by atoms with E-state index in [-0.39, 0.29) is 11.3 Å². The third-order valence-corrected chi connectivity index (χ3v) is 1.97. The predicted octanol–water partition coefficient (Wildman–Crippen LogP) is 1.83. The minimum Gasteiger partial charge on any atom is -0.469 e. The largest absolute Gasteiger partial charge is 0.469 e. The minimum atomic E-state index is -0.462. The Morgan fingerprint density at radius 3 is 2.92 bits per heavy atom. The smallest absolute Gasteiger partial charge is 0.310 e. The molecule has 0 spiro atoms.